The Bertz CT molecular complexity index is 714. The van der Waals surface area contributed by atoms with Crippen LogP contribution >= 0.6 is 24.0 Å². The molecule has 1 saturated heterocycles. The normalized spacial score (nSPS) is 17.5. The van der Waals surface area contributed by atoms with Gasteiger partial charge >= 0.3 is 5.97 Å². The van der Waals surface area contributed by atoms with Crippen molar-refractivity contribution in [2.24, 2.45) is 0 Å². The van der Waals surface area contributed by atoms with Crippen LogP contribution in [0.15, 0.2) is 29.2 Å². The van der Waals surface area contributed by atoms with Gasteiger partial charge < -0.3 is 4.74 Å². The zero-order valence-corrected chi connectivity index (χ0v) is 13.8. The maximum atomic E-state index is 12.4. The molecule has 0 N–H and O–H groups in total. The standard InChI is InChI=1S/C14H12N2O5S2/c1-8(13(18)21-2)15-12(17)11(23-14(15)22)7-9-3-5-10(6-4-9)16(19)20/h3-8H,1-2H3. The number of nitrogens with zero attached hydrogens (tertiary/aromatic N) is 2. The molecule has 0 radical (unpaired) electrons. The Balaban J connectivity index is 2.24. The number of thiocarbonyl (C=S) groups is 1. The smallest absolute Gasteiger partial charge is 0.328 e. The summed E-state index contributed by atoms with van der Waals surface area (Å²) >= 11 is 6.21. The van der Waals surface area contributed by atoms with Gasteiger partial charge in [0.2, 0.25) is 0 Å². The first-order valence-electron chi connectivity index (χ1n) is 6.44. The molecular weight excluding hydrogens is 340 g/mol. The summed E-state index contributed by atoms with van der Waals surface area (Å²) in [5.41, 5.74) is 0.593. The van der Waals surface area contributed by atoms with Crippen molar-refractivity contribution in [1.29, 1.82) is 0 Å². The number of thioether (sulfide) groups is 1. The maximum Gasteiger partial charge on any atom is 0.328 e. The van der Waals surface area contributed by atoms with E-state index in [1.54, 1.807) is 6.08 Å². The summed E-state index contributed by atoms with van der Waals surface area (Å²) in [6.45, 7) is 1.53. The molecule has 1 aromatic carbocycles. The van der Waals surface area contributed by atoms with Crippen LogP contribution in [0.5, 0.6) is 0 Å². The fourth-order valence-electron chi connectivity index (χ4n) is 1.93. The van der Waals surface area contributed by atoms with Crippen LogP contribution in [0.4, 0.5) is 5.69 Å². The predicted molar refractivity (Wildman–Crippen MR) is 89.6 cm³/mol. The van der Waals surface area contributed by atoms with E-state index in [0.29, 0.717) is 10.5 Å². The quantitative estimate of drug-likeness (QED) is 0.270. The van der Waals surface area contributed by atoms with Gasteiger partial charge in [0.05, 0.1) is 16.9 Å². The molecule has 1 aliphatic rings. The second kappa shape index (κ2) is 6.88. The fraction of sp³-hybridized carbons (Fsp3) is 0.214. The topological polar surface area (TPSA) is 89.8 Å². The van der Waals surface area contributed by atoms with Crippen molar-refractivity contribution in [3.63, 3.8) is 0 Å². The van der Waals surface area contributed by atoms with Crippen molar-refractivity contribution in [2.45, 2.75) is 13.0 Å². The molecular formula is C14H12N2O5S2. The van der Waals surface area contributed by atoms with E-state index in [0.717, 1.165) is 11.8 Å². The van der Waals surface area contributed by atoms with Crippen molar-refractivity contribution in [1.82, 2.24) is 4.90 Å². The Hall–Kier alpha value is -2.26. The van der Waals surface area contributed by atoms with Crippen LogP contribution in [0.1, 0.15) is 12.5 Å². The minimum Gasteiger partial charge on any atom is -0.467 e. The van der Waals surface area contributed by atoms with Gasteiger partial charge in [-0.25, -0.2) is 4.79 Å². The number of ether oxygens (including phenoxy) is 1. The molecule has 0 spiro atoms. The predicted octanol–water partition coefficient (Wildman–Crippen LogP) is 2.36. The summed E-state index contributed by atoms with van der Waals surface area (Å²) in [4.78, 5) is 35.7. The molecule has 0 aliphatic carbocycles. The van der Waals surface area contributed by atoms with Crippen LogP contribution < -0.4 is 0 Å². The van der Waals surface area contributed by atoms with Gasteiger partial charge in [0, 0.05) is 12.1 Å². The van der Waals surface area contributed by atoms with E-state index in [-0.39, 0.29) is 10.0 Å². The molecule has 2 rings (SSSR count). The molecule has 0 aromatic heterocycles. The lowest BCUT2D eigenvalue weighted by atomic mass is 10.2. The summed E-state index contributed by atoms with van der Waals surface area (Å²) in [6, 6.07) is 4.96. The average Bonchev–Trinajstić information content (AvgIpc) is 2.80. The Kier molecular flexibility index (Phi) is 5.12. The number of nitro groups is 1. The molecule has 23 heavy (non-hydrogen) atoms. The summed E-state index contributed by atoms with van der Waals surface area (Å²) < 4.78 is 4.89. The van der Waals surface area contributed by atoms with Crippen LogP contribution in [0.25, 0.3) is 6.08 Å². The van der Waals surface area contributed by atoms with Crippen molar-refractivity contribution >= 4 is 51.9 Å². The van der Waals surface area contributed by atoms with Crippen molar-refractivity contribution in [2.75, 3.05) is 7.11 Å². The number of hydrogen-bond donors (Lipinski definition) is 0. The second-order valence-electron chi connectivity index (χ2n) is 4.60. The average molecular weight is 352 g/mol. The number of methoxy groups -OCH3 is 1. The highest BCUT2D eigenvalue weighted by atomic mass is 32.2. The van der Waals surface area contributed by atoms with E-state index >= 15 is 0 Å². The van der Waals surface area contributed by atoms with E-state index < -0.39 is 22.8 Å². The Morgan fingerprint density at radius 3 is 2.57 bits per heavy atom. The minimum absolute atomic E-state index is 0.0333. The maximum absolute atomic E-state index is 12.4. The van der Waals surface area contributed by atoms with Crippen LogP contribution in [-0.2, 0) is 14.3 Å². The molecule has 1 amide bonds. The van der Waals surface area contributed by atoms with Gasteiger partial charge in [-0.3, -0.25) is 19.8 Å². The Labute approximate surface area is 141 Å². The summed E-state index contributed by atoms with van der Waals surface area (Å²) in [5, 5.41) is 10.6. The second-order valence-corrected chi connectivity index (χ2v) is 6.28. The number of rotatable bonds is 4. The van der Waals surface area contributed by atoms with E-state index in [1.807, 2.05) is 0 Å². The molecule has 9 heteroatoms. The van der Waals surface area contributed by atoms with Crippen molar-refractivity contribution in [3.05, 3.63) is 44.8 Å². The largest absolute Gasteiger partial charge is 0.467 e. The molecule has 1 fully saturated rings. The zero-order valence-electron chi connectivity index (χ0n) is 12.2. The number of hydrogen-bond acceptors (Lipinski definition) is 7. The highest BCUT2D eigenvalue weighted by Crippen LogP contribution is 2.34. The molecule has 1 atom stereocenters. The Morgan fingerprint density at radius 2 is 2.04 bits per heavy atom. The minimum atomic E-state index is -0.810. The van der Waals surface area contributed by atoms with Crippen molar-refractivity contribution in [3.8, 4) is 0 Å². The van der Waals surface area contributed by atoms with E-state index in [1.165, 1.54) is 43.2 Å². The molecule has 1 heterocycles. The molecule has 1 aromatic rings. The molecule has 120 valence electrons. The monoisotopic (exact) mass is 352 g/mol. The van der Waals surface area contributed by atoms with Gasteiger partial charge in [-0.05, 0) is 30.7 Å². The molecule has 1 aliphatic heterocycles. The number of non-ortho nitro benzene ring substituents is 1. The first kappa shape index (κ1) is 17.1. The molecule has 0 bridgehead atoms. The number of esters is 1. The van der Waals surface area contributed by atoms with Crippen LogP contribution in [0.3, 0.4) is 0 Å². The van der Waals surface area contributed by atoms with Gasteiger partial charge in [-0.2, -0.15) is 0 Å². The number of carbonyl (C=O) groups is 2. The van der Waals surface area contributed by atoms with E-state index in [9.17, 15) is 19.7 Å². The van der Waals surface area contributed by atoms with Gasteiger partial charge in [0.15, 0.2) is 0 Å². The van der Waals surface area contributed by atoms with Crippen molar-refractivity contribution < 1.29 is 19.2 Å². The highest BCUT2D eigenvalue weighted by molar-refractivity contribution is 8.26. The third-order valence-electron chi connectivity index (χ3n) is 3.15. The summed E-state index contributed by atoms with van der Waals surface area (Å²) in [6.07, 6.45) is 1.58. The first-order chi connectivity index (χ1) is 10.8. The third-order valence-corrected chi connectivity index (χ3v) is 4.49. The number of nitro benzene ring substituents is 1. The number of benzene rings is 1. The van der Waals surface area contributed by atoms with Gasteiger partial charge in [-0.15, -0.1) is 0 Å². The third kappa shape index (κ3) is 3.57. The molecule has 0 saturated carbocycles. The summed E-state index contributed by atoms with van der Waals surface area (Å²) in [7, 11) is 1.24. The fourth-order valence-corrected chi connectivity index (χ4v) is 3.35. The van der Waals surface area contributed by atoms with E-state index in [2.05, 4.69) is 4.74 Å². The number of amides is 1. The Morgan fingerprint density at radius 1 is 1.43 bits per heavy atom. The van der Waals surface area contributed by atoms with Crippen LogP contribution in [0.2, 0.25) is 0 Å². The zero-order chi connectivity index (χ0) is 17.1. The van der Waals surface area contributed by atoms with Gasteiger partial charge in [-0.1, -0.05) is 24.0 Å². The highest BCUT2D eigenvalue weighted by Gasteiger charge is 2.38. The lowest BCUT2D eigenvalue weighted by molar-refractivity contribution is -0.384. The summed E-state index contributed by atoms with van der Waals surface area (Å²) in [5.74, 6) is -0.950. The SMILES string of the molecule is COC(=O)C(C)N1C(=O)C(=Cc2ccc([N+](=O)[O-])cc2)SC1=S. The van der Waals surface area contributed by atoms with Crippen LogP contribution in [-0.4, -0.2) is 39.2 Å². The number of carbonyl (C=O) groups excluding carboxylic acids is 2. The molecule has 1 unspecified atom stereocenters. The lowest BCUT2D eigenvalue weighted by Gasteiger charge is -2.20. The first-order valence-corrected chi connectivity index (χ1v) is 7.67. The van der Waals surface area contributed by atoms with Gasteiger partial charge in [0.1, 0.15) is 10.4 Å². The van der Waals surface area contributed by atoms with E-state index in [4.69, 9.17) is 12.2 Å². The molecule has 7 nitrogen and oxygen atoms in total. The van der Waals surface area contributed by atoms with Gasteiger partial charge in [0.25, 0.3) is 11.6 Å². The van der Waals surface area contributed by atoms with Crippen LogP contribution in [0, 0.1) is 10.1 Å². The lowest BCUT2D eigenvalue weighted by Crippen LogP contribution is -2.42.